The van der Waals surface area contributed by atoms with E-state index in [-0.39, 0.29) is 0 Å². The fraction of sp³-hybridized carbons (Fsp3) is 0.667. The molecule has 0 aromatic carbocycles. The Balaban J connectivity index is 2.47. The fourth-order valence-corrected chi connectivity index (χ4v) is 1.84. The highest BCUT2D eigenvalue weighted by Gasteiger charge is 2.17. The molecular formula is C12H21N3. The maximum atomic E-state index is 4.15. The standard InChI is InChI=1S/C12H21N3/c1-9(2)11(10(3)4)8-15-12-13-6-5-7-14-12/h5-7,9-11H,8H2,1-4H3,(H,13,14,15). The van der Waals surface area contributed by atoms with Crippen LogP contribution in [0.5, 0.6) is 0 Å². The molecule has 0 radical (unpaired) electrons. The number of nitrogens with zero attached hydrogens (tertiary/aromatic N) is 2. The first-order chi connectivity index (χ1) is 7.11. The summed E-state index contributed by atoms with van der Waals surface area (Å²) >= 11 is 0. The monoisotopic (exact) mass is 207 g/mol. The quantitative estimate of drug-likeness (QED) is 0.806. The van der Waals surface area contributed by atoms with Crippen LogP contribution in [0.15, 0.2) is 18.5 Å². The molecule has 1 aromatic rings. The van der Waals surface area contributed by atoms with Crippen molar-refractivity contribution in [3.05, 3.63) is 18.5 Å². The summed E-state index contributed by atoms with van der Waals surface area (Å²) in [6.45, 7) is 9.99. The first-order valence-electron chi connectivity index (χ1n) is 5.62. The van der Waals surface area contributed by atoms with E-state index in [9.17, 15) is 0 Å². The van der Waals surface area contributed by atoms with E-state index in [1.807, 2.05) is 6.07 Å². The number of hydrogen-bond donors (Lipinski definition) is 1. The van der Waals surface area contributed by atoms with Crippen LogP contribution >= 0.6 is 0 Å². The van der Waals surface area contributed by atoms with E-state index in [1.54, 1.807) is 12.4 Å². The van der Waals surface area contributed by atoms with Crippen molar-refractivity contribution in [2.75, 3.05) is 11.9 Å². The zero-order valence-electron chi connectivity index (χ0n) is 10.1. The Bertz CT molecular complexity index is 261. The summed E-state index contributed by atoms with van der Waals surface area (Å²) in [6, 6.07) is 1.83. The van der Waals surface area contributed by atoms with Crippen molar-refractivity contribution in [2.24, 2.45) is 17.8 Å². The van der Waals surface area contributed by atoms with Crippen LogP contribution < -0.4 is 5.32 Å². The van der Waals surface area contributed by atoms with Crippen LogP contribution in [0.4, 0.5) is 5.95 Å². The van der Waals surface area contributed by atoms with Gasteiger partial charge in [0, 0.05) is 18.9 Å². The minimum atomic E-state index is 0.661. The minimum absolute atomic E-state index is 0.661. The Kier molecular flexibility index (Phi) is 4.53. The van der Waals surface area contributed by atoms with Gasteiger partial charge in [-0.05, 0) is 23.8 Å². The SMILES string of the molecule is CC(C)C(CNc1ncccn1)C(C)C. The predicted molar refractivity (Wildman–Crippen MR) is 63.7 cm³/mol. The van der Waals surface area contributed by atoms with Gasteiger partial charge >= 0.3 is 0 Å². The van der Waals surface area contributed by atoms with Gasteiger partial charge in [-0.2, -0.15) is 0 Å². The second kappa shape index (κ2) is 5.69. The van der Waals surface area contributed by atoms with Gasteiger partial charge in [-0.1, -0.05) is 27.7 Å². The lowest BCUT2D eigenvalue weighted by molar-refractivity contribution is 0.304. The summed E-state index contributed by atoms with van der Waals surface area (Å²) in [4.78, 5) is 8.29. The van der Waals surface area contributed by atoms with E-state index >= 15 is 0 Å². The lowest BCUT2D eigenvalue weighted by Crippen LogP contribution is -2.25. The molecule has 84 valence electrons. The Morgan fingerprint density at radius 3 is 2.07 bits per heavy atom. The van der Waals surface area contributed by atoms with E-state index in [0.29, 0.717) is 17.8 Å². The van der Waals surface area contributed by atoms with Crippen molar-refractivity contribution in [2.45, 2.75) is 27.7 Å². The maximum Gasteiger partial charge on any atom is 0.222 e. The van der Waals surface area contributed by atoms with Gasteiger partial charge in [-0.15, -0.1) is 0 Å². The number of aromatic nitrogens is 2. The fourth-order valence-electron chi connectivity index (χ4n) is 1.84. The molecule has 0 spiro atoms. The second-order valence-corrected chi connectivity index (χ2v) is 4.61. The Morgan fingerprint density at radius 2 is 1.60 bits per heavy atom. The number of nitrogens with one attached hydrogen (secondary N) is 1. The number of rotatable bonds is 5. The van der Waals surface area contributed by atoms with Crippen molar-refractivity contribution < 1.29 is 0 Å². The van der Waals surface area contributed by atoms with Crippen LogP contribution in [0, 0.1) is 17.8 Å². The molecule has 0 amide bonds. The van der Waals surface area contributed by atoms with Crippen molar-refractivity contribution >= 4 is 5.95 Å². The third-order valence-corrected chi connectivity index (χ3v) is 2.77. The van der Waals surface area contributed by atoms with Gasteiger partial charge in [0.2, 0.25) is 5.95 Å². The van der Waals surface area contributed by atoms with Crippen LogP contribution in [0.2, 0.25) is 0 Å². The minimum Gasteiger partial charge on any atom is -0.354 e. The molecule has 0 bridgehead atoms. The average molecular weight is 207 g/mol. The normalized spacial score (nSPS) is 11.4. The maximum absolute atomic E-state index is 4.15. The summed E-state index contributed by atoms with van der Waals surface area (Å²) in [5.74, 6) is 2.75. The second-order valence-electron chi connectivity index (χ2n) is 4.61. The molecular weight excluding hydrogens is 186 g/mol. The van der Waals surface area contributed by atoms with E-state index in [0.717, 1.165) is 12.5 Å². The molecule has 0 saturated heterocycles. The molecule has 0 saturated carbocycles. The summed E-state index contributed by atoms with van der Waals surface area (Å²) in [7, 11) is 0. The highest BCUT2D eigenvalue weighted by molar-refractivity contribution is 5.21. The average Bonchev–Trinajstić information content (AvgIpc) is 2.18. The summed E-state index contributed by atoms with van der Waals surface area (Å²) in [5, 5.41) is 3.29. The molecule has 3 nitrogen and oxygen atoms in total. The summed E-state index contributed by atoms with van der Waals surface area (Å²) in [5.41, 5.74) is 0. The van der Waals surface area contributed by atoms with Crippen LogP contribution in [-0.4, -0.2) is 16.5 Å². The predicted octanol–water partition coefficient (Wildman–Crippen LogP) is 2.82. The number of hydrogen-bond acceptors (Lipinski definition) is 3. The first kappa shape index (κ1) is 12.0. The molecule has 0 unspecified atom stereocenters. The van der Waals surface area contributed by atoms with Gasteiger partial charge < -0.3 is 5.32 Å². The van der Waals surface area contributed by atoms with E-state index < -0.39 is 0 Å². The van der Waals surface area contributed by atoms with E-state index in [2.05, 4.69) is 43.0 Å². The molecule has 0 aliphatic heterocycles. The van der Waals surface area contributed by atoms with Crippen molar-refractivity contribution in [3.63, 3.8) is 0 Å². The number of anilines is 1. The van der Waals surface area contributed by atoms with Crippen LogP contribution in [0.1, 0.15) is 27.7 Å². The molecule has 0 atom stereocenters. The third kappa shape index (κ3) is 3.86. The highest BCUT2D eigenvalue weighted by atomic mass is 15.1. The van der Waals surface area contributed by atoms with E-state index in [1.165, 1.54) is 0 Å². The molecule has 1 aromatic heterocycles. The van der Waals surface area contributed by atoms with Crippen LogP contribution in [-0.2, 0) is 0 Å². The molecule has 1 heterocycles. The molecule has 0 fully saturated rings. The van der Waals surface area contributed by atoms with Crippen molar-refractivity contribution in [1.29, 1.82) is 0 Å². The molecule has 15 heavy (non-hydrogen) atoms. The molecule has 0 aliphatic rings. The van der Waals surface area contributed by atoms with Gasteiger partial charge in [0.05, 0.1) is 0 Å². The third-order valence-electron chi connectivity index (χ3n) is 2.77. The Hall–Kier alpha value is -1.12. The van der Waals surface area contributed by atoms with Gasteiger partial charge in [0.25, 0.3) is 0 Å². The lowest BCUT2D eigenvalue weighted by Gasteiger charge is -2.24. The van der Waals surface area contributed by atoms with Crippen LogP contribution in [0.3, 0.4) is 0 Å². The van der Waals surface area contributed by atoms with Gasteiger partial charge in [0.1, 0.15) is 0 Å². The largest absolute Gasteiger partial charge is 0.354 e. The topological polar surface area (TPSA) is 37.8 Å². The molecule has 1 rings (SSSR count). The van der Waals surface area contributed by atoms with Gasteiger partial charge in [0.15, 0.2) is 0 Å². The molecule has 3 heteroatoms. The van der Waals surface area contributed by atoms with Crippen molar-refractivity contribution in [1.82, 2.24) is 9.97 Å². The zero-order chi connectivity index (χ0) is 11.3. The van der Waals surface area contributed by atoms with Crippen molar-refractivity contribution in [3.8, 4) is 0 Å². The highest BCUT2D eigenvalue weighted by Crippen LogP contribution is 2.20. The van der Waals surface area contributed by atoms with Gasteiger partial charge in [-0.25, -0.2) is 9.97 Å². The summed E-state index contributed by atoms with van der Waals surface area (Å²) < 4.78 is 0. The van der Waals surface area contributed by atoms with Crippen LogP contribution in [0.25, 0.3) is 0 Å². The zero-order valence-corrected chi connectivity index (χ0v) is 10.1. The van der Waals surface area contributed by atoms with E-state index in [4.69, 9.17) is 0 Å². The Labute approximate surface area is 92.3 Å². The first-order valence-corrected chi connectivity index (χ1v) is 5.62. The lowest BCUT2D eigenvalue weighted by atomic mass is 9.85. The smallest absolute Gasteiger partial charge is 0.222 e. The molecule has 0 aliphatic carbocycles. The Morgan fingerprint density at radius 1 is 1.07 bits per heavy atom. The summed E-state index contributed by atoms with van der Waals surface area (Å²) in [6.07, 6.45) is 3.52. The molecule has 1 N–H and O–H groups in total. The van der Waals surface area contributed by atoms with Gasteiger partial charge in [-0.3, -0.25) is 0 Å².